The highest BCUT2D eigenvalue weighted by Gasteiger charge is 2.28. The van der Waals surface area contributed by atoms with Gasteiger partial charge in [-0.2, -0.15) is 0 Å². The summed E-state index contributed by atoms with van der Waals surface area (Å²) in [4.78, 5) is 28.1. The molecule has 7 heteroatoms. The number of carbonyl (C=O) groups is 2. The highest BCUT2D eigenvalue weighted by molar-refractivity contribution is 6.04. The van der Waals surface area contributed by atoms with Gasteiger partial charge in [0.05, 0.1) is 12.7 Å². The Morgan fingerprint density at radius 2 is 1.54 bits per heavy atom. The molecule has 0 atom stereocenters. The van der Waals surface area contributed by atoms with Crippen LogP contribution in [-0.2, 0) is 6.42 Å². The number of amides is 3. The molecule has 7 nitrogen and oxygen atoms in total. The van der Waals surface area contributed by atoms with Crippen molar-refractivity contribution >= 4 is 29.0 Å². The van der Waals surface area contributed by atoms with Crippen LogP contribution >= 0.6 is 0 Å². The summed E-state index contributed by atoms with van der Waals surface area (Å²) in [7, 11) is 1.60. The molecule has 3 aromatic rings. The molecule has 192 valence electrons. The van der Waals surface area contributed by atoms with Gasteiger partial charge in [0.15, 0.2) is 0 Å². The van der Waals surface area contributed by atoms with E-state index < -0.39 is 0 Å². The number of benzene rings is 3. The van der Waals surface area contributed by atoms with Crippen LogP contribution < -0.4 is 25.6 Å². The Balaban J connectivity index is 1.26. The third kappa shape index (κ3) is 6.61. The molecule has 1 aliphatic carbocycles. The van der Waals surface area contributed by atoms with Crippen LogP contribution in [0.2, 0.25) is 0 Å². The number of carbonyl (C=O) groups excluding carboxylic acids is 2. The smallest absolute Gasteiger partial charge is 0.323 e. The first kappa shape index (κ1) is 24.7. The van der Waals surface area contributed by atoms with E-state index in [1.165, 1.54) is 5.56 Å². The third-order valence-electron chi connectivity index (χ3n) is 7.08. The monoisotopic (exact) mass is 498 g/mol. The number of anilines is 3. The maximum absolute atomic E-state index is 13.2. The van der Waals surface area contributed by atoms with Crippen LogP contribution in [0.1, 0.15) is 41.6 Å². The Morgan fingerprint density at radius 3 is 2.22 bits per heavy atom. The highest BCUT2D eigenvalue weighted by Crippen LogP contribution is 2.31. The molecular formula is C30H34N4O3. The highest BCUT2D eigenvalue weighted by atomic mass is 16.5. The summed E-state index contributed by atoms with van der Waals surface area (Å²) in [6.07, 6.45) is 5.31. The summed E-state index contributed by atoms with van der Waals surface area (Å²) in [5.74, 6) is 1.28. The lowest BCUT2D eigenvalue weighted by atomic mass is 9.89. The lowest BCUT2D eigenvalue weighted by Gasteiger charge is -2.35. The quantitative estimate of drug-likeness (QED) is 0.373. The second-order valence-electron chi connectivity index (χ2n) is 9.91. The number of urea groups is 1. The van der Waals surface area contributed by atoms with Gasteiger partial charge in [0, 0.05) is 36.2 Å². The molecule has 1 aliphatic heterocycles. The lowest BCUT2D eigenvalue weighted by molar-refractivity contribution is 0.0951. The Morgan fingerprint density at radius 1 is 0.865 bits per heavy atom. The molecule has 1 heterocycles. The molecule has 0 unspecified atom stereocenters. The average Bonchev–Trinajstić information content (AvgIpc) is 3.74. The molecule has 5 rings (SSSR count). The Kier molecular flexibility index (Phi) is 7.59. The fourth-order valence-electron chi connectivity index (χ4n) is 4.86. The molecule has 2 aliphatic rings. The summed E-state index contributed by atoms with van der Waals surface area (Å²) < 4.78 is 5.16. The van der Waals surface area contributed by atoms with Crippen LogP contribution in [0.3, 0.4) is 0 Å². The molecule has 37 heavy (non-hydrogen) atoms. The normalized spacial score (nSPS) is 15.6. The van der Waals surface area contributed by atoms with Crippen molar-refractivity contribution in [3.63, 3.8) is 0 Å². The minimum absolute atomic E-state index is 0.0804. The zero-order valence-electron chi connectivity index (χ0n) is 21.2. The molecule has 0 radical (unpaired) electrons. The molecule has 2 fully saturated rings. The van der Waals surface area contributed by atoms with Gasteiger partial charge in [0.2, 0.25) is 0 Å². The summed E-state index contributed by atoms with van der Waals surface area (Å²) in [5, 5.41) is 8.80. The number of ether oxygens (including phenoxy) is 1. The van der Waals surface area contributed by atoms with Crippen LogP contribution in [0, 0.1) is 5.92 Å². The zero-order valence-corrected chi connectivity index (χ0v) is 21.2. The van der Waals surface area contributed by atoms with E-state index in [-0.39, 0.29) is 18.0 Å². The van der Waals surface area contributed by atoms with E-state index in [0.717, 1.165) is 56.6 Å². The van der Waals surface area contributed by atoms with Gasteiger partial charge in [-0.1, -0.05) is 30.3 Å². The van der Waals surface area contributed by atoms with E-state index in [0.29, 0.717) is 22.9 Å². The standard InChI is InChI=1S/C30H34N4O3/c1-37-26-12-9-24(10-13-26)32-30(36)33-25-11-14-28(27(20-25)29(35)31-23-7-8-23)34-17-15-22(16-18-34)19-21-5-3-2-4-6-21/h2-6,9-14,20,22-23H,7-8,15-19H2,1H3,(H,31,35)(H2,32,33,36). The van der Waals surface area contributed by atoms with Crippen LogP contribution in [0.25, 0.3) is 0 Å². The second-order valence-corrected chi connectivity index (χ2v) is 9.91. The molecule has 0 aromatic heterocycles. The molecule has 0 bridgehead atoms. The number of hydrogen-bond acceptors (Lipinski definition) is 4. The molecule has 1 saturated heterocycles. The topological polar surface area (TPSA) is 82.7 Å². The van der Waals surface area contributed by atoms with Crippen LogP contribution in [0.5, 0.6) is 5.75 Å². The minimum Gasteiger partial charge on any atom is -0.497 e. The maximum Gasteiger partial charge on any atom is 0.323 e. The number of piperidine rings is 1. The minimum atomic E-state index is -0.367. The van der Waals surface area contributed by atoms with Crippen molar-refractivity contribution in [2.45, 2.75) is 38.1 Å². The number of hydrogen-bond donors (Lipinski definition) is 3. The first-order valence-electron chi connectivity index (χ1n) is 13.0. The number of nitrogens with one attached hydrogen (secondary N) is 3. The Hall–Kier alpha value is -4.00. The van der Waals surface area contributed by atoms with Gasteiger partial charge >= 0.3 is 6.03 Å². The molecule has 0 spiro atoms. The molecule has 1 saturated carbocycles. The van der Waals surface area contributed by atoms with Gasteiger partial charge in [-0.3, -0.25) is 4.79 Å². The zero-order chi connectivity index (χ0) is 25.6. The van der Waals surface area contributed by atoms with E-state index in [1.54, 1.807) is 37.4 Å². The Labute approximate surface area is 218 Å². The van der Waals surface area contributed by atoms with Gasteiger partial charge in [-0.25, -0.2) is 4.79 Å². The summed E-state index contributed by atoms with van der Waals surface area (Å²) >= 11 is 0. The van der Waals surface area contributed by atoms with Crippen molar-refractivity contribution in [2.24, 2.45) is 5.92 Å². The average molecular weight is 499 g/mol. The van der Waals surface area contributed by atoms with E-state index >= 15 is 0 Å². The van der Waals surface area contributed by atoms with Crippen molar-refractivity contribution < 1.29 is 14.3 Å². The van der Waals surface area contributed by atoms with Crippen molar-refractivity contribution in [1.82, 2.24) is 5.32 Å². The van der Waals surface area contributed by atoms with Crippen LogP contribution in [0.4, 0.5) is 21.9 Å². The van der Waals surface area contributed by atoms with Gasteiger partial charge in [0.1, 0.15) is 5.75 Å². The maximum atomic E-state index is 13.2. The van der Waals surface area contributed by atoms with Crippen molar-refractivity contribution in [3.8, 4) is 5.75 Å². The van der Waals surface area contributed by atoms with Crippen molar-refractivity contribution in [2.75, 3.05) is 35.7 Å². The predicted octanol–water partition coefficient (Wildman–Crippen LogP) is 5.69. The third-order valence-corrected chi connectivity index (χ3v) is 7.08. The van der Waals surface area contributed by atoms with Gasteiger partial charge in [-0.15, -0.1) is 0 Å². The SMILES string of the molecule is COc1ccc(NC(=O)Nc2ccc(N3CCC(Cc4ccccc4)CC3)c(C(=O)NC3CC3)c2)cc1. The van der Waals surface area contributed by atoms with Crippen LogP contribution in [0.15, 0.2) is 72.8 Å². The fraction of sp³-hybridized carbons (Fsp3) is 0.333. The number of nitrogens with zero attached hydrogens (tertiary/aromatic N) is 1. The number of rotatable bonds is 8. The largest absolute Gasteiger partial charge is 0.497 e. The number of methoxy groups -OCH3 is 1. The van der Waals surface area contributed by atoms with Gasteiger partial charge in [0.25, 0.3) is 5.91 Å². The van der Waals surface area contributed by atoms with Gasteiger partial charge in [-0.05, 0) is 86.1 Å². The molecule has 3 amide bonds. The van der Waals surface area contributed by atoms with E-state index in [2.05, 4.69) is 51.2 Å². The second kappa shape index (κ2) is 11.4. The lowest BCUT2D eigenvalue weighted by Crippen LogP contribution is -2.36. The van der Waals surface area contributed by atoms with Gasteiger partial charge < -0.3 is 25.6 Å². The van der Waals surface area contributed by atoms with Crippen molar-refractivity contribution in [3.05, 3.63) is 83.9 Å². The first-order valence-corrected chi connectivity index (χ1v) is 13.0. The molecular weight excluding hydrogens is 464 g/mol. The van der Waals surface area contributed by atoms with Crippen LogP contribution in [-0.4, -0.2) is 38.2 Å². The molecule has 3 N–H and O–H groups in total. The molecule has 3 aromatic carbocycles. The summed E-state index contributed by atoms with van der Waals surface area (Å²) in [6.45, 7) is 1.82. The van der Waals surface area contributed by atoms with E-state index in [1.807, 2.05) is 12.1 Å². The summed E-state index contributed by atoms with van der Waals surface area (Å²) in [5.41, 5.74) is 4.15. The van der Waals surface area contributed by atoms with E-state index in [9.17, 15) is 9.59 Å². The van der Waals surface area contributed by atoms with Crippen molar-refractivity contribution in [1.29, 1.82) is 0 Å². The first-order chi connectivity index (χ1) is 18.1. The fourth-order valence-corrected chi connectivity index (χ4v) is 4.86. The van der Waals surface area contributed by atoms with E-state index in [4.69, 9.17) is 4.74 Å². The summed E-state index contributed by atoms with van der Waals surface area (Å²) in [6, 6.07) is 23.3. The predicted molar refractivity (Wildman–Crippen MR) is 148 cm³/mol. The Bertz CT molecular complexity index is 1220.